The predicted octanol–water partition coefficient (Wildman–Crippen LogP) is 2.75. The lowest BCUT2D eigenvalue weighted by Gasteiger charge is -2.26. The first-order chi connectivity index (χ1) is 13.0. The molecule has 0 saturated heterocycles. The van der Waals surface area contributed by atoms with Crippen LogP contribution in [0.15, 0.2) is 60.1 Å². The maximum atomic E-state index is 12.7. The van der Waals surface area contributed by atoms with Gasteiger partial charge in [-0.05, 0) is 49.7 Å². The maximum Gasteiger partial charge on any atom is 0.338 e. The van der Waals surface area contributed by atoms with Gasteiger partial charge in [0.2, 0.25) is 0 Å². The normalized spacial score (nSPS) is 16.6. The number of anilines is 1. The fourth-order valence-electron chi connectivity index (χ4n) is 3.06. The number of carbonyl (C=O) groups is 3. The molecule has 0 fully saturated rings. The molecule has 1 aromatic carbocycles. The van der Waals surface area contributed by atoms with Gasteiger partial charge in [-0.2, -0.15) is 0 Å². The van der Waals surface area contributed by atoms with Crippen LogP contribution in [0.2, 0.25) is 0 Å². The molecule has 1 atom stereocenters. The number of nitrogens with zero attached hydrogens (tertiary/aromatic N) is 2. The van der Waals surface area contributed by atoms with Crippen LogP contribution in [0.1, 0.15) is 35.8 Å². The number of hydrogen-bond acceptors (Lipinski definition) is 6. The Hall–Kier alpha value is -3.48. The van der Waals surface area contributed by atoms with Crippen LogP contribution < -0.4 is 4.90 Å². The molecule has 0 radical (unpaired) electrons. The Kier molecular flexibility index (Phi) is 5.03. The van der Waals surface area contributed by atoms with Crippen molar-refractivity contribution in [3.8, 4) is 0 Å². The van der Waals surface area contributed by atoms with E-state index in [0.717, 1.165) is 0 Å². The van der Waals surface area contributed by atoms with E-state index < -0.39 is 29.5 Å². The van der Waals surface area contributed by atoms with Crippen LogP contribution in [0.5, 0.6) is 0 Å². The molecule has 1 aliphatic heterocycles. The van der Waals surface area contributed by atoms with Crippen molar-refractivity contribution in [3.63, 3.8) is 0 Å². The van der Waals surface area contributed by atoms with E-state index in [2.05, 4.69) is 4.98 Å². The molecule has 1 aromatic heterocycles. The van der Waals surface area contributed by atoms with Crippen molar-refractivity contribution in [2.24, 2.45) is 0 Å². The summed E-state index contributed by atoms with van der Waals surface area (Å²) in [6.07, 6.45) is 3.12. The van der Waals surface area contributed by atoms with Gasteiger partial charge in [0.25, 0.3) is 5.91 Å². The summed E-state index contributed by atoms with van der Waals surface area (Å²) in [5.74, 6) is -2.13. The first kappa shape index (κ1) is 18.3. The highest BCUT2D eigenvalue weighted by molar-refractivity contribution is 6.16. The average Bonchev–Trinajstić information content (AvgIpc) is 2.94. The molecule has 0 bridgehead atoms. The highest BCUT2D eigenvalue weighted by Gasteiger charge is 2.43. The molecular weight excluding hydrogens is 348 g/mol. The van der Waals surface area contributed by atoms with E-state index in [1.807, 2.05) is 0 Å². The van der Waals surface area contributed by atoms with Gasteiger partial charge in [0.15, 0.2) is 11.5 Å². The van der Waals surface area contributed by atoms with Crippen molar-refractivity contribution in [2.45, 2.75) is 19.9 Å². The van der Waals surface area contributed by atoms with Crippen LogP contribution in [0.4, 0.5) is 5.69 Å². The highest BCUT2D eigenvalue weighted by Crippen LogP contribution is 2.40. The summed E-state index contributed by atoms with van der Waals surface area (Å²) >= 11 is 0. The third-order valence-corrected chi connectivity index (χ3v) is 4.24. The first-order valence-electron chi connectivity index (χ1n) is 8.40. The number of ketones is 1. The van der Waals surface area contributed by atoms with E-state index in [4.69, 9.17) is 4.74 Å². The molecule has 0 aliphatic carbocycles. The number of esters is 1. The van der Waals surface area contributed by atoms with Crippen molar-refractivity contribution in [2.75, 3.05) is 11.5 Å². The molecule has 7 nitrogen and oxygen atoms in total. The zero-order chi connectivity index (χ0) is 19.6. The molecule has 7 heteroatoms. The second-order valence-electron chi connectivity index (χ2n) is 5.95. The van der Waals surface area contributed by atoms with Gasteiger partial charge < -0.3 is 9.84 Å². The minimum atomic E-state index is -0.794. The second kappa shape index (κ2) is 7.41. The molecule has 2 aromatic rings. The summed E-state index contributed by atoms with van der Waals surface area (Å²) in [6.45, 7) is 3.27. The lowest BCUT2D eigenvalue weighted by atomic mass is 9.98. The van der Waals surface area contributed by atoms with Crippen molar-refractivity contribution >= 4 is 23.3 Å². The first-order valence-corrected chi connectivity index (χ1v) is 8.40. The number of amides is 1. The number of ether oxygens (including phenoxy) is 1. The highest BCUT2D eigenvalue weighted by atomic mass is 16.5. The van der Waals surface area contributed by atoms with Crippen LogP contribution in [0.3, 0.4) is 0 Å². The van der Waals surface area contributed by atoms with Crippen LogP contribution >= 0.6 is 0 Å². The smallest absolute Gasteiger partial charge is 0.338 e. The van der Waals surface area contributed by atoms with E-state index >= 15 is 0 Å². The molecule has 0 spiro atoms. The van der Waals surface area contributed by atoms with Gasteiger partial charge in [-0.3, -0.25) is 19.5 Å². The quantitative estimate of drug-likeness (QED) is 0.818. The SMILES string of the molecule is CCOC(=O)c1ccc(N2C(=O)C(O)=C(C(C)=O)C2c2cccnc2)cc1. The van der Waals surface area contributed by atoms with E-state index in [-0.39, 0.29) is 12.2 Å². The Morgan fingerprint density at radius 2 is 1.93 bits per heavy atom. The number of pyridine rings is 1. The minimum absolute atomic E-state index is 0.0162. The van der Waals surface area contributed by atoms with Crippen molar-refractivity contribution in [1.82, 2.24) is 4.98 Å². The summed E-state index contributed by atoms with van der Waals surface area (Å²) in [4.78, 5) is 42.0. The van der Waals surface area contributed by atoms with Crippen molar-refractivity contribution in [1.29, 1.82) is 0 Å². The molecule has 3 rings (SSSR count). The van der Waals surface area contributed by atoms with E-state index in [1.54, 1.807) is 43.6 Å². The van der Waals surface area contributed by atoms with Gasteiger partial charge in [0.05, 0.1) is 23.8 Å². The summed E-state index contributed by atoms with van der Waals surface area (Å²) in [5.41, 5.74) is 1.39. The Morgan fingerprint density at radius 3 is 2.48 bits per heavy atom. The molecular formula is C20H18N2O5. The minimum Gasteiger partial charge on any atom is -0.503 e. The summed E-state index contributed by atoms with van der Waals surface area (Å²) in [7, 11) is 0. The molecule has 1 amide bonds. The topological polar surface area (TPSA) is 96.8 Å². The Morgan fingerprint density at radius 1 is 1.22 bits per heavy atom. The predicted molar refractivity (Wildman–Crippen MR) is 97.2 cm³/mol. The number of hydrogen-bond donors (Lipinski definition) is 1. The molecule has 27 heavy (non-hydrogen) atoms. The molecule has 0 saturated carbocycles. The summed E-state index contributed by atoms with van der Waals surface area (Å²) in [5, 5.41) is 10.3. The molecule has 138 valence electrons. The fraction of sp³-hybridized carbons (Fsp3) is 0.200. The molecule has 2 heterocycles. The summed E-state index contributed by atoms with van der Waals surface area (Å²) < 4.78 is 4.95. The Balaban J connectivity index is 2.04. The van der Waals surface area contributed by atoms with Crippen LogP contribution in [-0.4, -0.2) is 34.4 Å². The van der Waals surface area contributed by atoms with Crippen molar-refractivity contribution < 1.29 is 24.2 Å². The van der Waals surface area contributed by atoms with E-state index in [1.165, 1.54) is 24.0 Å². The Bertz CT molecular complexity index is 919. The van der Waals surface area contributed by atoms with Gasteiger partial charge in [-0.25, -0.2) is 4.79 Å². The average molecular weight is 366 g/mol. The molecule has 1 N–H and O–H groups in total. The number of Topliss-reactive ketones (excluding diaryl/α,β-unsaturated/α-hetero) is 1. The molecule has 1 aliphatic rings. The number of carbonyl (C=O) groups excluding carboxylic acids is 3. The fourth-order valence-corrected chi connectivity index (χ4v) is 3.06. The van der Waals surface area contributed by atoms with Crippen LogP contribution in [-0.2, 0) is 14.3 Å². The zero-order valence-electron chi connectivity index (χ0n) is 14.9. The Labute approximate surface area is 155 Å². The number of benzene rings is 1. The standard InChI is InChI=1S/C20H18N2O5/c1-3-27-20(26)13-6-8-15(9-7-13)22-17(14-5-4-10-21-11-14)16(12(2)23)18(24)19(22)25/h4-11,17,24H,3H2,1-2H3. The zero-order valence-corrected chi connectivity index (χ0v) is 14.9. The summed E-state index contributed by atoms with van der Waals surface area (Å²) in [6, 6.07) is 8.83. The number of rotatable bonds is 5. The lowest BCUT2D eigenvalue weighted by molar-refractivity contribution is -0.117. The number of aromatic nitrogens is 1. The van der Waals surface area contributed by atoms with E-state index in [0.29, 0.717) is 16.8 Å². The largest absolute Gasteiger partial charge is 0.503 e. The van der Waals surface area contributed by atoms with Crippen molar-refractivity contribution in [3.05, 3.63) is 71.3 Å². The van der Waals surface area contributed by atoms with Gasteiger partial charge in [-0.15, -0.1) is 0 Å². The third-order valence-electron chi connectivity index (χ3n) is 4.24. The van der Waals surface area contributed by atoms with Crippen LogP contribution in [0.25, 0.3) is 0 Å². The van der Waals surface area contributed by atoms with Gasteiger partial charge >= 0.3 is 5.97 Å². The van der Waals surface area contributed by atoms with Gasteiger partial charge in [-0.1, -0.05) is 6.07 Å². The second-order valence-corrected chi connectivity index (χ2v) is 5.95. The van der Waals surface area contributed by atoms with Gasteiger partial charge in [0.1, 0.15) is 0 Å². The van der Waals surface area contributed by atoms with E-state index in [9.17, 15) is 19.5 Å². The van der Waals surface area contributed by atoms with Crippen LogP contribution in [0, 0.1) is 0 Å². The molecule has 1 unspecified atom stereocenters. The lowest BCUT2D eigenvalue weighted by Crippen LogP contribution is -2.31. The van der Waals surface area contributed by atoms with Gasteiger partial charge in [0, 0.05) is 18.1 Å². The third kappa shape index (κ3) is 3.31. The number of aliphatic hydroxyl groups is 1. The monoisotopic (exact) mass is 366 g/mol. The maximum absolute atomic E-state index is 12.7. The number of aliphatic hydroxyl groups excluding tert-OH is 1.